The molecule has 1 saturated carbocycles. The van der Waals surface area contributed by atoms with Crippen LogP contribution in [0.4, 0.5) is 0 Å². The maximum atomic E-state index is 6.66. The Morgan fingerprint density at radius 1 is 1.16 bits per heavy atom. The molecular formula is C15H20N4. The number of para-hydroxylation sites is 1. The summed E-state index contributed by atoms with van der Waals surface area (Å²) < 4.78 is 0. The quantitative estimate of drug-likeness (QED) is 0.898. The summed E-state index contributed by atoms with van der Waals surface area (Å²) in [6.45, 7) is 1.95. The Hall–Kier alpha value is -1.68. The van der Waals surface area contributed by atoms with E-state index < -0.39 is 0 Å². The van der Waals surface area contributed by atoms with E-state index in [1.54, 1.807) is 11.0 Å². The Labute approximate surface area is 113 Å². The predicted octanol–water partition coefficient (Wildman–Crippen LogP) is 2.69. The fourth-order valence-electron chi connectivity index (χ4n) is 2.98. The molecule has 1 heterocycles. The molecule has 1 aromatic heterocycles. The number of nitrogens with two attached hydrogens (primary N) is 1. The van der Waals surface area contributed by atoms with Crippen LogP contribution in [0.2, 0.25) is 0 Å². The molecule has 19 heavy (non-hydrogen) atoms. The van der Waals surface area contributed by atoms with Crippen LogP contribution in [0.3, 0.4) is 0 Å². The van der Waals surface area contributed by atoms with E-state index in [0.29, 0.717) is 0 Å². The van der Waals surface area contributed by atoms with Crippen molar-refractivity contribution in [3.8, 4) is 5.69 Å². The summed E-state index contributed by atoms with van der Waals surface area (Å²) in [6, 6.07) is 8.25. The fraction of sp³-hybridized carbons (Fsp3) is 0.467. The molecule has 0 saturated heterocycles. The first-order chi connectivity index (χ1) is 9.19. The van der Waals surface area contributed by atoms with Crippen molar-refractivity contribution in [1.29, 1.82) is 0 Å². The molecule has 0 unspecified atom stereocenters. The molecule has 100 valence electrons. The van der Waals surface area contributed by atoms with Crippen LogP contribution in [0.15, 0.2) is 30.5 Å². The molecule has 2 N–H and O–H groups in total. The van der Waals surface area contributed by atoms with Gasteiger partial charge in [-0.15, -0.1) is 0 Å². The Morgan fingerprint density at radius 3 is 2.58 bits per heavy atom. The zero-order valence-corrected chi connectivity index (χ0v) is 11.3. The van der Waals surface area contributed by atoms with Crippen LogP contribution in [-0.4, -0.2) is 15.0 Å². The number of benzene rings is 1. The molecule has 1 aliphatic rings. The van der Waals surface area contributed by atoms with E-state index in [-0.39, 0.29) is 5.54 Å². The zero-order valence-electron chi connectivity index (χ0n) is 11.3. The lowest BCUT2D eigenvalue weighted by Crippen LogP contribution is -2.39. The minimum Gasteiger partial charge on any atom is -0.321 e. The fourth-order valence-corrected chi connectivity index (χ4v) is 2.98. The van der Waals surface area contributed by atoms with Crippen LogP contribution in [0.1, 0.15) is 43.4 Å². The lowest BCUT2D eigenvalue weighted by molar-refractivity contribution is 0.301. The van der Waals surface area contributed by atoms with Crippen LogP contribution in [0.25, 0.3) is 5.69 Å². The van der Waals surface area contributed by atoms with E-state index in [1.165, 1.54) is 24.8 Å². The monoisotopic (exact) mass is 256 g/mol. The highest BCUT2D eigenvalue weighted by Crippen LogP contribution is 2.37. The molecule has 1 fully saturated rings. The maximum Gasteiger partial charge on any atom is 0.0907 e. The molecule has 0 spiro atoms. The summed E-state index contributed by atoms with van der Waals surface area (Å²) >= 11 is 0. The SMILES string of the molecule is Cc1cnn(-c2ccccc2C2(N)CCCCC2)n1. The molecule has 1 aromatic carbocycles. The van der Waals surface area contributed by atoms with Gasteiger partial charge in [-0.3, -0.25) is 0 Å². The highest BCUT2D eigenvalue weighted by molar-refractivity contribution is 5.44. The highest BCUT2D eigenvalue weighted by Gasteiger charge is 2.32. The number of aromatic nitrogens is 3. The first kappa shape index (κ1) is 12.4. The van der Waals surface area contributed by atoms with Gasteiger partial charge in [0.15, 0.2) is 0 Å². The Bertz CT molecular complexity index is 567. The van der Waals surface area contributed by atoms with Gasteiger partial charge in [-0.25, -0.2) is 0 Å². The molecule has 0 bridgehead atoms. The van der Waals surface area contributed by atoms with E-state index in [4.69, 9.17) is 5.73 Å². The third-order valence-electron chi connectivity index (χ3n) is 4.01. The summed E-state index contributed by atoms with van der Waals surface area (Å²) in [5.41, 5.74) is 9.54. The van der Waals surface area contributed by atoms with Gasteiger partial charge >= 0.3 is 0 Å². The Morgan fingerprint density at radius 2 is 1.89 bits per heavy atom. The number of nitrogens with zero attached hydrogens (tertiary/aromatic N) is 3. The zero-order chi connectivity index (χ0) is 13.3. The molecule has 4 heteroatoms. The summed E-state index contributed by atoms with van der Waals surface area (Å²) in [7, 11) is 0. The van der Waals surface area contributed by atoms with Crippen molar-refractivity contribution in [3.63, 3.8) is 0 Å². The van der Waals surface area contributed by atoms with Crippen LogP contribution >= 0.6 is 0 Å². The van der Waals surface area contributed by atoms with Gasteiger partial charge in [-0.1, -0.05) is 37.5 Å². The second kappa shape index (κ2) is 4.78. The first-order valence-electron chi connectivity index (χ1n) is 6.97. The predicted molar refractivity (Wildman–Crippen MR) is 75.0 cm³/mol. The smallest absolute Gasteiger partial charge is 0.0907 e. The van der Waals surface area contributed by atoms with Gasteiger partial charge < -0.3 is 5.73 Å². The van der Waals surface area contributed by atoms with E-state index >= 15 is 0 Å². The van der Waals surface area contributed by atoms with Crippen molar-refractivity contribution >= 4 is 0 Å². The van der Waals surface area contributed by atoms with Gasteiger partial charge in [0, 0.05) is 5.54 Å². The summed E-state index contributed by atoms with van der Waals surface area (Å²) in [5.74, 6) is 0. The van der Waals surface area contributed by atoms with Gasteiger partial charge in [0.1, 0.15) is 0 Å². The van der Waals surface area contributed by atoms with Gasteiger partial charge in [0.2, 0.25) is 0 Å². The second-order valence-electron chi connectivity index (χ2n) is 5.51. The van der Waals surface area contributed by atoms with Crippen molar-refractivity contribution in [1.82, 2.24) is 15.0 Å². The lowest BCUT2D eigenvalue weighted by Gasteiger charge is -2.35. The Kier molecular flexibility index (Phi) is 3.11. The minimum atomic E-state index is -0.226. The molecule has 2 aromatic rings. The molecule has 1 aliphatic carbocycles. The highest BCUT2D eigenvalue weighted by atomic mass is 15.5. The molecule has 0 amide bonds. The summed E-state index contributed by atoms with van der Waals surface area (Å²) in [5, 5.41) is 8.74. The third-order valence-corrected chi connectivity index (χ3v) is 4.01. The number of aryl methyl sites for hydroxylation is 1. The average Bonchev–Trinajstić information content (AvgIpc) is 2.86. The number of rotatable bonds is 2. The molecule has 0 radical (unpaired) electrons. The standard InChI is InChI=1S/C15H20N4/c1-12-11-17-19(18-12)14-8-4-3-7-13(14)15(16)9-5-2-6-10-15/h3-4,7-8,11H,2,5-6,9-10,16H2,1H3. The van der Waals surface area contributed by atoms with E-state index in [9.17, 15) is 0 Å². The summed E-state index contributed by atoms with van der Waals surface area (Å²) in [6.07, 6.45) is 7.57. The van der Waals surface area contributed by atoms with Crippen LogP contribution < -0.4 is 5.73 Å². The van der Waals surface area contributed by atoms with Crippen LogP contribution in [0, 0.1) is 6.92 Å². The third kappa shape index (κ3) is 2.28. The van der Waals surface area contributed by atoms with Gasteiger partial charge in [-0.05, 0) is 31.4 Å². The van der Waals surface area contributed by atoms with Gasteiger partial charge in [0.05, 0.1) is 17.6 Å². The van der Waals surface area contributed by atoms with Crippen molar-refractivity contribution in [2.24, 2.45) is 5.73 Å². The van der Waals surface area contributed by atoms with Crippen molar-refractivity contribution in [2.45, 2.75) is 44.6 Å². The number of hydrogen-bond donors (Lipinski definition) is 1. The van der Waals surface area contributed by atoms with E-state index in [1.807, 2.05) is 13.0 Å². The molecule has 0 aliphatic heterocycles. The Balaban J connectivity index is 2.06. The topological polar surface area (TPSA) is 56.7 Å². The van der Waals surface area contributed by atoms with Gasteiger partial charge in [-0.2, -0.15) is 15.0 Å². The largest absolute Gasteiger partial charge is 0.321 e. The van der Waals surface area contributed by atoms with Crippen molar-refractivity contribution in [2.75, 3.05) is 0 Å². The number of hydrogen-bond acceptors (Lipinski definition) is 3. The molecular weight excluding hydrogens is 236 g/mol. The average molecular weight is 256 g/mol. The first-order valence-corrected chi connectivity index (χ1v) is 6.97. The minimum absolute atomic E-state index is 0.226. The molecule has 4 nitrogen and oxygen atoms in total. The van der Waals surface area contributed by atoms with Crippen LogP contribution in [0.5, 0.6) is 0 Å². The van der Waals surface area contributed by atoms with Gasteiger partial charge in [0.25, 0.3) is 0 Å². The second-order valence-corrected chi connectivity index (χ2v) is 5.51. The normalized spacial score (nSPS) is 18.4. The van der Waals surface area contributed by atoms with E-state index in [2.05, 4.69) is 28.4 Å². The maximum absolute atomic E-state index is 6.66. The molecule has 0 atom stereocenters. The molecule has 3 rings (SSSR count). The lowest BCUT2D eigenvalue weighted by atomic mass is 9.77. The van der Waals surface area contributed by atoms with E-state index in [0.717, 1.165) is 24.2 Å². The van der Waals surface area contributed by atoms with Crippen molar-refractivity contribution < 1.29 is 0 Å². The van der Waals surface area contributed by atoms with Crippen molar-refractivity contribution in [3.05, 3.63) is 41.7 Å². The summed E-state index contributed by atoms with van der Waals surface area (Å²) in [4.78, 5) is 1.70. The van der Waals surface area contributed by atoms with Crippen LogP contribution in [-0.2, 0) is 5.54 Å².